The lowest BCUT2D eigenvalue weighted by Crippen LogP contribution is -2.18. The van der Waals surface area contributed by atoms with E-state index in [2.05, 4.69) is 10.5 Å². The van der Waals surface area contributed by atoms with E-state index in [0.29, 0.717) is 22.5 Å². The van der Waals surface area contributed by atoms with Crippen molar-refractivity contribution in [2.45, 2.75) is 13.8 Å². The predicted molar refractivity (Wildman–Crippen MR) is 128 cm³/mol. The fraction of sp³-hybridized carbons (Fsp3) is 0.0769. The maximum absolute atomic E-state index is 12.7. The van der Waals surface area contributed by atoms with Crippen molar-refractivity contribution in [3.63, 3.8) is 0 Å². The molecule has 3 N–H and O–H groups in total. The Kier molecular flexibility index (Phi) is 5.97. The summed E-state index contributed by atoms with van der Waals surface area (Å²) < 4.78 is 1.74. The normalized spacial score (nSPS) is 11.1. The van der Waals surface area contributed by atoms with Gasteiger partial charge in [0, 0.05) is 28.2 Å². The topological polar surface area (TPSA) is 121 Å². The Balaban J connectivity index is 1.63. The van der Waals surface area contributed by atoms with E-state index in [-0.39, 0.29) is 17.0 Å². The summed E-state index contributed by atoms with van der Waals surface area (Å²) >= 11 is 0. The summed E-state index contributed by atoms with van der Waals surface area (Å²) in [6.45, 7) is 3.61. The van der Waals surface area contributed by atoms with Crippen molar-refractivity contribution >= 4 is 34.8 Å². The third-order valence-electron chi connectivity index (χ3n) is 5.54. The highest BCUT2D eigenvalue weighted by Gasteiger charge is 2.16. The van der Waals surface area contributed by atoms with Gasteiger partial charge in [0.15, 0.2) is 0 Å². The summed E-state index contributed by atoms with van der Waals surface area (Å²) in [4.78, 5) is 35.6. The lowest BCUT2D eigenvalue weighted by atomic mass is 10.0. The van der Waals surface area contributed by atoms with E-state index in [1.165, 1.54) is 18.3 Å². The van der Waals surface area contributed by atoms with Crippen LogP contribution in [0.4, 0.5) is 0 Å². The highest BCUT2D eigenvalue weighted by atomic mass is 16.4. The number of carboxylic acids is 2. The van der Waals surface area contributed by atoms with Gasteiger partial charge in [-0.2, -0.15) is 5.10 Å². The van der Waals surface area contributed by atoms with E-state index >= 15 is 0 Å². The van der Waals surface area contributed by atoms with Gasteiger partial charge in [0.25, 0.3) is 5.91 Å². The molecule has 0 saturated carbocycles. The van der Waals surface area contributed by atoms with Gasteiger partial charge in [0.1, 0.15) is 0 Å². The zero-order valence-corrected chi connectivity index (χ0v) is 18.4. The molecule has 0 saturated heterocycles. The molecule has 0 spiro atoms. The van der Waals surface area contributed by atoms with Crippen LogP contribution >= 0.6 is 0 Å². The Morgan fingerprint density at radius 3 is 2.21 bits per heavy atom. The monoisotopic (exact) mass is 455 g/mol. The van der Waals surface area contributed by atoms with Crippen LogP contribution in [0, 0.1) is 13.8 Å². The smallest absolute Gasteiger partial charge is 0.335 e. The van der Waals surface area contributed by atoms with Crippen molar-refractivity contribution in [2.75, 3.05) is 0 Å². The number of hydrazone groups is 1. The molecule has 0 bridgehead atoms. The maximum atomic E-state index is 12.7. The number of amides is 1. The molecule has 0 aliphatic carbocycles. The molecule has 0 atom stereocenters. The van der Waals surface area contributed by atoms with Crippen LogP contribution in [0.5, 0.6) is 0 Å². The van der Waals surface area contributed by atoms with Gasteiger partial charge in [-0.3, -0.25) is 4.79 Å². The molecule has 0 unspecified atom stereocenters. The number of hydrogen-bond donors (Lipinski definition) is 3. The lowest BCUT2D eigenvalue weighted by Gasteiger charge is -2.12. The Morgan fingerprint density at radius 2 is 1.53 bits per heavy atom. The first-order valence-electron chi connectivity index (χ1n) is 10.4. The molecule has 0 fully saturated rings. The van der Waals surface area contributed by atoms with Gasteiger partial charge in [0.05, 0.1) is 17.3 Å². The molecule has 170 valence electrons. The second-order valence-corrected chi connectivity index (χ2v) is 7.77. The van der Waals surface area contributed by atoms with Crippen molar-refractivity contribution in [1.82, 2.24) is 9.99 Å². The number of rotatable bonds is 6. The molecule has 4 rings (SSSR count). The summed E-state index contributed by atoms with van der Waals surface area (Å²) in [6.07, 6.45) is 1.50. The molecule has 8 nitrogen and oxygen atoms in total. The SMILES string of the molecule is Cc1cc(/C=N\NC(=O)c2cccc3ccccc23)c(C)n1-c1cc(C(=O)O)cc(C(=O)O)c1. The largest absolute Gasteiger partial charge is 0.478 e. The number of nitrogens with one attached hydrogen (secondary N) is 1. The van der Waals surface area contributed by atoms with E-state index < -0.39 is 11.9 Å². The Bertz CT molecular complexity index is 1450. The van der Waals surface area contributed by atoms with Crippen molar-refractivity contribution < 1.29 is 24.6 Å². The average molecular weight is 455 g/mol. The zero-order valence-electron chi connectivity index (χ0n) is 18.4. The summed E-state index contributed by atoms with van der Waals surface area (Å²) in [5.74, 6) is -2.78. The molecular formula is C26H21N3O5. The summed E-state index contributed by atoms with van der Waals surface area (Å²) in [7, 11) is 0. The predicted octanol–water partition coefficient (Wildman–Crippen LogP) is 4.41. The number of carboxylic acid groups (broad SMARTS) is 2. The van der Waals surface area contributed by atoms with E-state index in [1.54, 1.807) is 17.6 Å². The second kappa shape index (κ2) is 9.03. The van der Waals surface area contributed by atoms with Crippen LogP contribution in [-0.2, 0) is 0 Å². The van der Waals surface area contributed by atoms with Crippen molar-refractivity contribution in [2.24, 2.45) is 5.10 Å². The molecule has 1 aromatic heterocycles. The van der Waals surface area contributed by atoms with Crippen LogP contribution in [0.25, 0.3) is 16.5 Å². The van der Waals surface area contributed by atoms with E-state index in [4.69, 9.17) is 0 Å². The number of aromatic carboxylic acids is 2. The number of nitrogens with zero attached hydrogens (tertiary/aromatic N) is 2. The van der Waals surface area contributed by atoms with Crippen LogP contribution in [0.2, 0.25) is 0 Å². The molecule has 0 aliphatic rings. The minimum absolute atomic E-state index is 0.125. The quantitative estimate of drug-likeness (QED) is 0.294. The van der Waals surface area contributed by atoms with E-state index in [9.17, 15) is 24.6 Å². The molecule has 0 radical (unpaired) electrons. The van der Waals surface area contributed by atoms with E-state index in [1.807, 2.05) is 49.4 Å². The van der Waals surface area contributed by atoms with Crippen LogP contribution in [0.15, 0.2) is 71.8 Å². The molecule has 34 heavy (non-hydrogen) atoms. The minimum atomic E-state index is -1.22. The molecule has 4 aromatic rings. The van der Waals surface area contributed by atoms with Crippen LogP contribution in [-0.4, -0.2) is 38.8 Å². The third-order valence-corrected chi connectivity index (χ3v) is 5.54. The van der Waals surface area contributed by atoms with Gasteiger partial charge in [-0.15, -0.1) is 0 Å². The van der Waals surface area contributed by atoms with Crippen LogP contribution in [0.1, 0.15) is 48.0 Å². The number of aryl methyl sites for hydroxylation is 1. The third kappa shape index (κ3) is 4.29. The first kappa shape index (κ1) is 22.5. The number of carbonyl (C=O) groups excluding carboxylic acids is 1. The first-order valence-corrected chi connectivity index (χ1v) is 10.4. The zero-order chi connectivity index (χ0) is 24.4. The van der Waals surface area contributed by atoms with Crippen molar-refractivity contribution in [1.29, 1.82) is 0 Å². The molecular weight excluding hydrogens is 434 g/mol. The fourth-order valence-electron chi connectivity index (χ4n) is 3.95. The second-order valence-electron chi connectivity index (χ2n) is 7.77. The number of aromatic nitrogens is 1. The van der Waals surface area contributed by atoms with Gasteiger partial charge < -0.3 is 14.8 Å². The summed E-state index contributed by atoms with van der Waals surface area (Å²) in [5, 5.41) is 24.6. The van der Waals surface area contributed by atoms with Crippen LogP contribution < -0.4 is 5.43 Å². The fourth-order valence-corrected chi connectivity index (χ4v) is 3.95. The van der Waals surface area contributed by atoms with Crippen molar-refractivity contribution in [3.05, 3.63) is 100 Å². The summed E-state index contributed by atoms with van der Waals surface area (Å²) in [5.41, 5.74) is 5.36. The van der Waals surface area contributed by atoms with Gasteiger partial charge >= 0.3 is 11.9 Å². The van der Waals surface area contributed by atoms with Gasteiger partial charge in [-0.05, 0) is 55.0 Å². The van der Waals surface area contributed by atoms with Gasteiger partial charge in [0.2, 0.25) is 0 Å². The van der Waals surface area contributed by atoms with Crippen LogP contribution in [0.3, 0.4) is 0 Å². The first-order chi connectivity index (χ1) is 16.3. The minimum Gasteiger partial charge on any atom is -0.478 e. The average Bonchev–Trinajstić information content (AvgIpc) is 3.10. The number of carbonyl (C=O) groups is 3. The van der Waals surface area contributed by atoms with E-state index in [0.717, 1.165) is 22.5 Å². The van der Waals surface area contributed by atoms with Crippen molar-refractivity contribution in [3.8, 4) is 5.69 Å². The Morgan fingerprint density at radius 1 is 0.882 bits per heavy atom. The number of fused-ring (bicyclic) bond motifs is 1. The molecule has 1 amide bonds. The lowest BCUT2D eigenvalue weighted by molar-refractivity contribution is 0.0696. The molecule has 0 aliphatic heterocycles. The highest BCUT2D eigenvalue weighted by Crippen LogP contribution is 2.23. The number of hydrogen-bond acceptors (Lipinski definition) is 4. The Labute approximate surface area is 194 Å². The number of benzene rings is 3. The standard InChI is InChI=1S/C26H21N3O5/c1-15-10-20(14-27-28-24(30)23-9-5-7-17-6-3-4-8-22(17)23)16(2)29(15)21-12-18(25(31)32)11-19(13-21)26(33)34/h3-14H,1-2H3,(H,28,30)(H,31,32)(H,33,34)/b27-14-. The summed E-state index contributed by atoms with van der Waals surface area (Å²) in [6, 6.07) is 18.8. The molecule has 8 heteroatoms. The van der Waals surface area contributed by atoms with Gasteiger partial charge in [-0.25, -0.2) is 15.0 Å². The maximum Gasteiger partial charge on any atom is 0.335 e. The molecule has 1 heterocycles. The van der Waals surface area contributed by atoms with Gasteiger partial charge in [-0.1, -0.05) is 36.4 Å². The Hall–Kier alpha value is -4.72. The highest BCUT2D eigenvalue weighted by molar-refractivity contribution is 6.07. The molecule has 3 aromatic carbocycles.